The van der Waals surface area contributed by atoms with Gasteiger partial charge < -0.3 is 0 Å². The fraction of sp³-hybridized carbons (Fsp3) is 1.00. The van der Waals surface area contributed by atoms with Gasteiger partial charge in [0.05, 0.1) is 0 Å². The summed E-state index contributed by atoms with van der Waals surface area (Å²) >= 11 is 0. The highest BCUT2D eigenvalue weighted by Crippen LogP contribution is 1.87. The highest BCUT2D eigenvalue weighted by atomic mass is 17.2. The summed E-state index contributed by atoms with van der Waals surface area (Å²) in [5.41, 5.74) is 0. The van der Waals surface area contributed by atoms with Gasteiger partial charge in [0.15, 0.2) is 0 Å². The minimum Gasteiger partial charge on any atom is -0.234 e. The van der Waals surface area contributed by atoms with E-state index < -0.39 is 0 Å². The van der Waals surface area contributed by atoms with E-state index >= 15 is 0 Å². The first-order chi connectivity index (χ1) is 2.00. The second-order valence-electron chi connectivity index (χ2n) is 0.644. The summed E-state index contributed by atoms with van der Waals surface area (Å²) < 4.78 is 0. The van der Waals surface area contributed by atoms with Gasteiger partial charge in [-0.3, -0.25) is 0 Å². The molecule has 1 aliphatic heterocycles. The van der Waals surface area contributed by atoms with Gasteiger partial charge in [0.1, 0.15) is 13.2 Å². The summed E-state index contributed by atoms with van der Waals surface area (Å²) in [6, 6.07) is 0. The summed E-state index contributed by atoms with van der Waals surface area (Å²) in [5, 5.41) is 0. The lowest BCUT2D eigenvalue weighted by molar-refractivity contribution is -0.382. The molecule has 0 aromatic carbocycles. The number of rotatable bonds is 0. The molecule has 0 aromatic rings. The van der Waals surface area contributed by atoms with E-state index in [1.165, 1.54) is 0 Å². The molecule has 0 aliphatic carbocycles. The van der Waals surface area contributed by atoms with Crippen LogP contribution in [0.25, 0.3) is 0 Å². The van der Waals surface area contributed by atoms with Gasteiger partial charge in [0.2, 0.25) is 0 Å². The van der Waals surface area contributed by atoms with Crippen molar-refractivity contribution in [1.82, 2.24) is 0 Å². The summed E-state index contributed by atoms with van der Waals surface area (Å²) in [4.78, 5) is 8.44. The van der Waals surface area contributed by atoms with Crippen molar-refractivity contribution >= 4 is 0 Å². The van der Waals surface area contributed by atoms with E-state index in [1.807, 2.05) is 0 Å². The van der Waals surface area contributed by atoms with Crippen molar-refractivity contribution in [3.63, 3.8) is 0 Å². The molecule has 0 amide bonds. The van der Waals surface area contributed by atoms with Crippen LogP contribution in [0.1, 0.15) is 0 Å². The van der Waals surface area contributed by atoms with Crippen LogP contribution in [0.5, 0.6) is 0 Å². The minimum atomic E-state index is 0.778. The smallest absolute Gasteiger partial charge is 0.109 e. The van der Waals surface area contributed by atoms with Crippen molar-refractivity contribution < 1.29 is 9.78 Å². The Kier molecular flexibility index (Phi) is 0.381. The van der Waals surface area contributed by atoms with Crippen LogP contribution in [-0.4, -0.2) is 13.2 Å². The number of hydrogen-bond donors (Lipinski definition) is 0. The number of hydrogen-bond acceptors (Lipinski definition) is 2. The molecule has 0 spiro atoms. The summed E-state index contributed by atoms with van der Waals surface area (Å²) in [6.07, 6.45) is 0. The van der Waals surface area contributed by atoms with Gasteiger partial charge in [-0.2, -0.15) is 0 Å². The molecule has 0 aromatic heterocycles. The molecule has 2 nitrogen and oxygen atoms in total. The average molecular weight is 60.1 g/mol. The molecule has 24 valence electrons. The van der Waals surface area contributed by atoms with Crippen LogP contribution in [0.2, 0.25) is 0 Å². The monoisotopic (exact) mass is 60.0 g/mol. The Bertz CT molecular complexity index is 12.0. The van der Waals surface area contributed by atoms with Gasteiger partial charge in [0.25, 0.3) is 0 Å². The van der Waals surface area contributed by atoms with E-state index in [0.29, 0.717) is 0 Å². The van der Waals surface area contributed by atoms with E-state index in [0.717, 1.165) is 13.2 Å². The second kappa shape index (κ2) is 0.701. The standard InChI is InChI=1S/C2H4O2/c1-2-4-3-1/h1-2H2. The molecule has 1 rings (SSSR count). The summed E-state index contributed by atoms with van der Waals surface area (Å²) in [5.74, 6) is 0. The molecule has 0 radical (unpaired) electrons. The van der Waals surface area contributed by atoms with Crippen molar-refractivity contribution in [2.45, 2.75) is 0 Å². The molecule has 4 heavy (non-hydrogen) atoms. The Morgan fingerprint density at radius 1 is 1.00 bits per heavy atom. The van der Waals surface area contributed by atoms with Crippen LogP contribution in [0.3, 0.4) is 0 Å². The molecule has 0 N–H and O–H groups in total. The van der Waals surface area contributed by atoms with Gasteiger partial charge in [-0.15, -0.1) is 0 Å². The molecule has 1 heterocycles. The van der Waals surface area contributed by atoms with Crippen LogP contribution >= 0.6 is 0 Å². The van der Waals surface area contributed by atoms with Crippen molar-refractivity contribution in [3.05, 3.63) is 0 Å². The minimum absolute atomic E-state index is 0.778. The molecular formula is C2H4O2. The predicted molar refractivity (Wildman–Crippen MR) is 11.9 cm³/mol. The Hall–Kier alpha value is -0.0800. The second-order valence-corrected chi connectivity index (χ2v) is 0.644. The first-order valence-corrected chi connectivity index (χ1v) is 1.24. The normalized spacial score (nSPS) is 24.0. The zero-order valence-corrected chi connectivity index (χ0v) is 2.23. The molecule has 0 unspecified atom stereocenters. The van der Waals surface area contributed by atoms with Crippen LogP contribution in [-0.2, 0) is 9.78 Å². The first-order valence-electron chi connectivity index (χ1n) is 1.24. The zero-order valence-electron chi connectivity index (χ0n) is 2.23. The van der Waals surface area contributed by atoms with E-state index in [2.05, 4.69) is 9.78 Å². The Morgan fingerprint density at radius 2 is 1.25 bits per heavy atom. The van der Waals surface area contributed by atoms with Crippen LogP contribution < -0.4 is 0 Å². The van der Waals surface area contributed by atoms with Crippen molar-refractivity contribution in [3.8, 4) is 0 Å². The summed E-state index contributed by atoms with van der Waals surface area (Å²) in [7, 11) is 0. The maximum absolute atomic E-state index is 4.22. The fourth-order valence-electron chi connectivity index (χ4n) is 0.0833. The van der Waals surface area contributed by atoms with E-state index in [9.17, 15) is 0 Å². The molecule has 1 aliphatic rings. The highest BCUT2D eigenvalue weighted by molar-refractivity contribution is 4.22. The van der Waals surface area contributed by atoms with E-state index in [4.69, 9.17) is 0 Å². The van der Waals surface area contributed by atoms with Crippen LogP contribution in [0, 0.1) is 0 Å². The van der Waals surface area contributed by atoms with Gasteiger partial charge in [-0.25, -0.2) is 9.78 Å². The third-order valence-electron chi connectivity index (χ3n) is 0.333. The van der Waals surface area contributed by atoms with E-state index in [-0.39, 0.29) is 0 Å². The first kappa shape index (κ1) is 2.18. The largest absolute Gasteiger partial charge is 0.234 e. The topological polar surface area (TPSA) is 18.5 Å². The van der Waals surface area contributed by atoms with Gasteiger partial charge >= 0.3 is 0 Å². The van der Waals surface area contributed by atoms with Gasteiger partial charge in [-0.1, -0.05) is 0 Å². The predicted octanol–water partition coefficient (Wildman–Crippen LogP) is -0.0518. The average Bonchev–Trinajstić information content (AvgIpc) is 0.722. The third kappa shape index (κ3) is 0.106. The van der Waals surface area contributed by atoms with Crippen molar-refractivity contribution in [2.24, 2.45) is 0 Å². The lowest BCUT2D eigenvalue weighted by Gasteiger charge is -2.08. The lowest BCUT2D eigenvalue weighted by Crippen LogP contribution is -2.14. The molecule has 1 saturated heterocycles. The Balaban J connectivity index is 2.00. The maximum atomic E-state index is 4.22. The SMILES string of the molecule is C1COO1. The van der Waals surface area contributed by atoms with Crippen LogP contribution in [0.4, 0.5) is 0 Å². The third-order valence-corrected chi connectivity index (χ3v) is 0.333. The van der Waals surface area contributed by atoms with E-state index in [1.54, 1.807) is 0 Å². The van der Waals surface area contributed by atoms with Crippen LogP contribution in [0.15, 0.2) is 0 Å². The molecule has 0 bridgehead atoms. The quantitative estimate of drug-likeness (QED) is 0.365. The molecule has 0 saturated carbocycles. The zero-order chi connectivity index (χ0) is 2.83. The van der Waals surface area contributed by atoms with Gasteiger partial charge in [0, 0.05) is 0 Å². The summed E-state index contributed by atoms with van der Waals surface area (Å²) in [6.45, 7) is 1.56. The maximum Gasteiger partial charge on any atom is 0.109 e. The molecule has 1 fully saturated rings. The van der Waals surface area contributed by atoms with Gasteiger partial charge in [-0.05, 0) is 0 Å². The molecule has 2 heteroatoms. The highest BCUT2D eigenvalue weighted by Gasteiger charge is 1.95. The van der Waals surface area contributed by atoms with Crippen molar-refractivity contribution in [1.29, 1.82) is 0 Å². The fourth-order valence-corrected chi connectivity index (χ4v) is 0.0833. The molecule has 0 atom stereocenters. The molecular weight excluding hydrogens is 56.0 g/mol. The lowest BCUT2D eigenvalue weighted by atomic mass is 10.8. The Labute approximate surface area is 24.3 Å². The Morgan fingerprint density at radius 3 is 1.25 bits per heavy atom. The van der Waals surface area contributed by atoms with Crippen molar-refractivity contribution in [2.75, 3.05) is 13.2 Å².